The number of piperidine rings is 2. The van der Waals surface area contributed by atoms with E-state index in [9.17, 15) is 4.79 Å². The SMILES string of the molecule is O=C1C(CCCN2CCCCC2)c2ccccc2N1C1CCNCC1. The Balaban J connectivity index is 1.43. The Bertz CT molecular complexity index is 591. The van der Waals surface area contributed by atoms with Crippen molar-refractivity contribution in [1.29, 1.82) is 0 Å². The number of rotatable bonds is 5. The number of nitrogens with zero attached hydrogens (tertiary/aromatic N) is 2. The third kappa shape index (κ3) is 3.61. The third-order valence-electron chi connectivity index (χ3n) is 6.20. The Kier molecular flexibility index (Phi) is 5.37. The quantitative estimate of drug-likeness (QED) is 0.894. The molecule has 2 fully saturated rings. The van der Waals surface area contributed by atoms with Crippen LogP contribution in [0.15, 0.2) is 24.3 Å². The lowest BCUT2D eigenvalue weighted by atomic mass is 9.95. The lowest BCUT2D eigenvalue weighted by Crippen LogP contribution is -2.45. The molecule has 3 aliphatic rings. The summed E-state index contributed by atoms with van der Waals surface area (Å²) in [4.78, 5) is 18.0. The Labute approximate surface area is 151 Å². The molecule has 2 saturated heterocycles. The standard InChI is InChI=1S/C21H31N3O/c25-21-19(8-6-16-23-14-4-1-5-15-23)18-7-2-3-9-20(18)24(21)17-10-12-22-13-11-17/h2-3,7,9,17,19,22H,1,4-6,8,10-16H2. The number of hydrogen-bond donors (Lipinski definition) is 1. The first kappa shape index (κ1) is 17.0. The molecule has 1 aromatic rings. The first-order valence-corrected chi connectivity index (χ1v) is 10.2. The summed E-state index contributed by atoms with van der Waals surface area (Å²) in [5.41, 5.74) is 2.45. The lowest BCUT2D eigenvalue weighted by Gasteiger charge is -2.32. The molecule has 1 unspecified atom stereocenters. The number of fused-ring (bicyclic) bond motifs is 1. The average molecular weight is 341 g/mol. The second-order valence-corrected chi connectivity index (χ2v) is 7.85. The number of anilines is 1. The van der Waals surface area contributed by atoms with Gasteiger partial charge in [0.05, 0.1) is 5.92 Å². The van der Waals surface area contributed by atoms with Gasteiger partial charge >= 0.3 is 0 Å². The minimum absolute atomic E-state index is 0.0795. The molecule has 0 saturated carbocycles. The van der Waals surface area contributed by atoms with Crippen molar-refractivity contribution in [2.45, 2.75) is 56.9 Å². The number of benzene rings is 1. The predicted molar refractivity (Wildman–Crippen MR) is 102 cm³/mol. The van der Waals surface area contributed by atoms with Gasteiger partial charge in [-0.25, -0.2) is 0 Å². The monoisotopic (exact) mass is 341 g/mol. The summed E-state index contributed by atoms with van der Waals surface area (Å²) in [6.45, 7) is 5.69. The van der Waals surface area contributed by atoms with Crippen molar-refractivity contribution in [2.24, 2.45) is 0 Å². The van der Waals surface area contributed by atoms with Crippen LogP contribution < -0.4 is 10.2 Å². The van der Waals surface area contributed by atoms with Crippen molar-refractivity contribution in [3.63, 3.8) is 0 Å². The van der Waals surface area contributed by atoms with E-state index in [0.29, 0.717) is 11.9 Å². The van der Waals surface area contributed by atoms with Gasteiger partial charge in [-0.3, -0.25) is 4.79 Å². The van der Waals surface area contributed by atoms with Gasteiger partial charge in [0.15, 0.2) is 0 Å². The number of carbonyl (C=O) groups is 1. The molecule has 1 N–H and O–H groups in total. The van der Waals surface area contributed by atoms with E-state index in [-0.39, 0.29) is 5.92 Å². The number of amides is 1. The zero-order valence-corrected chi connectivity index (χ0v) is 15.3. The van der Waals surface area contributed by atoms with Gasteiger partial charge in [0, 0.05) is 11.7 Å². The van der Waals surface area contributed by atoms with Gasteiger partial charge in [-0.1, -0.05) is 24.6 Å². The highest BCUT2D eigenvalue weighted by molar-refractivity contribution is 6.05. The van der Waals surface area contributed by atoms with Crippen LogP contribution in [0.1, 0.15) is 56.4 Å². The van der Waals surface area contributed by atoms with Gasteiger partial charge in [-0.15, -0.1) is 0 Å². The van der Waals surface area contributed by atoms with E-state index in [1.54, 1.807) is 0 Å². The molecule has 0 spiro atoms. The molecular weight excluding hydrogens is 310 g/mol. The summed E-state index contributed by atoms with van der Waals surface area (Å²) in [7, 11) is 0. The Morgan fingerprint density at radius 2 is 1.80 bits per heavy atom. The molecule has 0 radical (unpaired) electrons. The molecule has 0 aromatic heterocycles. The van der Waals surface area contributed by atoms with Crippen molar-refractivity contribution < 1.29 is 4.79 Å². The van der Waals surface area contributed by atoms with Crippen molar-refractivity contribution in [3.8, 4) is 0 Å². The second-order valence-electron chi connectivity index (χ2n) is 7.85. The van der Waals surface area contributed by atoms with Crippen LogP contribution in [0.3, 0.4) is 0 Å². The van der Waals surface area contributed by atoms with Crippen molar-refractivity contribution in [3.05, 3.63) is 29.8 Å². The van der Waals surface area contributed by atoms with Crippen LogP contribution in [0.4, 0.5) is 5.69 Å². The molecule has 1 amide bonds. The van der Waals surface area contributed by atoms with Gasteiger partial charge in [0.2, 0.25) is 5.91 Å². The normalized spacial score (nSPS) is 25.4. The Morgan fingerprint density at radius 1 is 1.04 bits per heavy atom. The first-order chi connectivity index (χ1) is 12.3. The van der Waals surface area contributed by atoms with Crippen molar-refractivity contribution >= 4 is 11.6 Å². The summed E-state index contributed by atoms with van der Waals surface area (Å²) in [5, 5.41) is 3.42. The Hall–Kier alpha value is -1.39. The van der Waals surface area contributed by atoms with E-state index in [2.05, 4.69) is 39.4 Å². The molecule has 0 bridgehead atoms. The number of likely N-dealkylation sites (tertiary alicyclic amines) is 1. The molecular formula is C21H31N3O. The van der Waals surface area contributed by atoms with E-state index in [4.69, 9.17) is 0 Å². The predicted octanol–water partition coefficient (Wildman–Crippen LogP) is 3.13. The maximum Gasteiger partial charge on any atom is 0.234 e. The fourth-order valence-electron chi connectivity index (χ4n) is 4.84. The second kappa shape index (κ2) is 7.88. The number of carbonyl (C=O) groups excluding carboxylic acids is 1. The van der Waals surface area contributed by atoms with Gasteiger partial charge < -0.3 is 15.1 Å². The number of para-hydroxylation sites is 1. The van der Waals surface area contributed by atoms with E-state index in [1.165, 1.54) is 43.6 Å². The smallest absolute Gasteiger partial charge is 0.234 e. The summed E-state index contributed by atoms with van der Waals surface area (Å²) in [6, 6.07) is 8.88. The fourth-order valence-corrected chi connectivity index (χ4v) is 4.84. The van der Waals surface area contributed by atoms with E-state index in [0.717, 1.165) is 45.3 Å². The maximum atomic E-state index is 13.2. The van der Waals surface area contributed by atoms with Gasteiger partial charge in [-0.05, 0) is 82.9 Å². The third-order valence-corrected chi connectivity index (χ3v) is 6.20. The minimum atomic E-state index is 0.0795. The van der Waals surface area contributed by atoms with Gasteiger partial charge in [0.25, 0.3) is 0 Å². The average Bonchev–Trinajstić information content (AvgIpc) is 2.95. The van der Waals surface area contributed by atoms with Crippen LogP contribution in [-0.4, -0.2) is 49.6 Å². The van der Waals surface area contributed by atoms with Crippen molar-refractivity contribution in [2.75, 3.05) is 37.6 Å². The highest BCUT2D eigenvalue weighted by Crippen LogP contribution is 2.41. The molecule has 25 heavy (non-hydrogen) atoms. The molecule has 1 aromatic carbocycles. The summed E-state index contributed by atoms with van der Waals surface area (Å²) in [6.07, 6.45) is 8.33. The van der Waals surface area contributed by atoms with E-state index >= 15 is 0 Å². The lowest BCUT2D eigenvalue weighted by molar-refractivity contribution is -0.120. The van der Waals surface area contributed by atoms with E-state index in [1.807, 2.05) is 0 Å². The molecule has 3 aliphatic heterocycles. The maximum absolute atomic E-state index is 13.2. The van der Waals surface area contributed by atoms with E-state index < -0.39 is 0 Å². The van der Waals surface area contributed by atoms with Crippen LogP contribution >= 0.6 is 0 Å². The van der Waals surface area contributed by atoms with Gasteiger partial charge in [0.1, 0.15) is 0 Å². The molecule has 4 rings (SSSR count). The van der Waals surface area contributed by atoms with Crippen LogP contribution in [-0.2, 0) is 4.79 Å². The topological polar surface area (TPSA) is 35.6 Å². The number of hydrogen-bond acceptors (Lipinski definition) is 3. The molecule has 4 nitrogen and oxygen atoms in total. The number of nitrogens with one attached hydrogen (secondary N) is 1. The Morgan fingerprint density at radius 3 is 2.60 bits per heavy atom. The molecule has 136 valence electrons. The van der Waals surface area contributed by atoms with Crippen LogP contribution in [0.2, 0.25) is 0 Å². The van der Waals surface area contributed by atoms with Crippen LogP contribution in [0, 0.1) is 0 Å². The largest absolute Gasteiger partial charge is 0.317 e. The molecule has 3 heterocycles. The van der Waals surface area contributed by atoms with Gasteiger partial charge in [-0.2, -0.15) is 0 Å². The zero-order valence-electron chi connectivity index (χ0n) is 15.3. The zero-order chi connectivity index (χ0) is 17.1. The fraction of sp³-hybridized carbons (Fsp3) is 0.667. The highest BCUT2D eigenvalue weighted by Gasteiger charge is 2.40. The van der Waals surface area contributed by atoms with Crippen molar-refractivity contribution in [1.82, 2.24) is 10.2 Å². The van der Waals surface area contributed by atoms with Crippen LogP contribution in [0.25, 0.3) is 0 Å². The highest BCUT2D eigenvalue weighted by atomic mass is 16.2. The molecule has 0 aliphatic carbocycles. The summed E-state index contributed by atoms with van der Waals surface area (Å²) >= 11 is 0. The summed E-state index contributed by atoms with van der Waals surface area (Å²) in [5.74, 6) is 0.433. The van der Waals surface area contributed by atoms with Crippen LogP contribution in [0.5, 0.6) is 0 Å². The molecule has 1 atom stereocenters. The molecule has 4 heteroatoms. The first-order valence-electron chi connectivity index (χ1n) is 10.2. The minimum Gasteiger partial charge on any atom is -0.317 e. The summed E-state index contributed by atoms with van der Waals surface area (Å²) < 4.78 is 0.